The number of aryl methyl sites for hydroxylation is 1. The minimum Gasteiger partial charge on any atom is -0.350 e. The first-order valence-electron chi connectivity index (χ1n) is 6.24. The number of hydrogen-bond donors (Lipinski definition) is 1. The first-order chi connectivity index (χ1) is 10.3. The molecule has 9 heteroatoms. The third-order valence-corrected chi connectivity index (χ3v) is 3.15. The van der Waals surface area contributed by atoms with E-state index in [1.54, 1.807) is 31.2 Å². The van der Waals surface area contributed by atoms with Crippen molar-refractivity contribution in [1.29, 1.82) is 0 Å². The summed E-state index contributed by atoms with van der Waals surface area (Å²) in [6.07, 6.45) is -5.69. The van der Waals surface area contributed by atoms with Crippen LogP contribution in [0.2, 0.25) is 0 Å². The minimum atomic E-state index is -4.92. The van der Waals surface area contributed by atoms with Crippen LogP contribution in [0.4, 0.5) is 13.2 Å². The van der Waals surface area contributed by atoms with E-state index in [4.69, 9.17) is 4.52 Å². The molecule has 0 saturated heterocycles. The van der Waals surface area contributed by atoms with Gasteiger partial charge in [-0.2, -0.15) is 18.2 Å². The van der Waals surface area contributed by atoms with E-state index in [9.17, 15) is 18.3 Å². The Hall–Kier alpha value is -2.42. The van der Waals surface area contributed by atoms with Crippen LogP contribution in [0.1, 0.15) is 17.8 Å². The van der Waals surface area contributed by atoms with Gasteiger partial charge in [0.25, 0.3) is 5.89 Å². The van der Waals surface area contributed by atoms with Crippen molar-refractivity contribution < 1.29 is 27.6 Å². The normalized spacial score (nSPS) is 21.6. The number of hydrogen-bond acceptors (Lipinski definition) is 6. The topological polar surface area (TPSA) is 80.7 Å². The number of oxime groups is 1. The maximum absolute atomic E-state index is 12.6. The third kappa shape index (κ3) is 2.43. The molecule has 0 saturated carbocycles. The van der Waals surface area contributed by atoms with Gasteiger partial charge in [-0.3, -0.25) is 0 Å². The summed E-state index contributed by atoms with van der Waals surface area (Å²) in [6.45, 7) is 1.67. The summed E-state index contributed by atoms with van der Waals surface area (Å²) < 4.78 is 42.9. The lowest BCUT2D eigenvalue weighted by Gasteiger charge is -2.22. The average molecular weight is 313 g/mol. The third-order valence-electron chi connectivity index (χ3n) is 3.15. The van der Waals surface area contributed by atoms with Crippen LogP contribution in [0.5, 0.6) is 0 Å². The van der Waals surface area contributed by atoms with Gasteiger partial charge in [0.15, 0.2) is 5.82 Å². The predicted octanol–water partition coefficient (Wildman–Crippen LogP) is 2.42. The van der Waals surface area contributed by atoms with Gasteiger partial charge in [0.05, 0.1) is 12.1 Å². The summed E-state index contributed by atoms with van der Waals surface area (Å²) in [6, 6.07) is 6.30. The summed E-state index contributed by atoms with van der Waals surface area (Å²) >= 11 is 0. The number of halogens is 3. The Labute approximate surface area is 122 Å². The Morgan fingerprint density at radius 1 is 1.18 bits per heavy atom. The zero-order valence-corrected chi connectivity index (χ0v) is 11.3. The molecule has 2 aromatic rings. The monoisotopic (exact) mass is 313 g/mol. The van der Waals surface area contributed by atoms with E-state index in [1.807, 2.05) is 0 Å². The van der Waals surface area contributed by atoms with Crippen LogP contribution in [-0.4, -0.2) is 32.9 Å². The van der Waals surface area contributed by atoms with Crippen molar-refractivity contribution in [3.63, 3.8) is 0 Å². The molecule has 2 heterocycles. The van der Waals surface area contributed by atoms with Crippen molar-refractivity contribution in [2.45, 2.75) is 25.3 Å². The molecule has 0 radical (unpaired) electrons. The molecule has 22 heavy (non-hydrogen) atoms. The summed E-state index contributed by atoms with van der Waals surface area (Å²) in [5, 5.41) is 16.4. The van der Waals surface area contributed by atoms with E-state index >= 15 is 0 Å². The van der Waals surface area contributed by atoms with Gasteiger partial charge < -0.3 is 14.5 Å². The van der Waals surface area contributed by atoms with Crippen LogP contribution < -0.4 is 0 Å². The van der Waals surface area contributed by atoms with Gasteiger partial charge in [-0.1, -0.05) is 22.4 Å². The smallest absolute Gasteiger partial charge is 0.350 e. The van der Waals surface area contributed by atoms with Crippen molar-refractivity contribution in [3.05, 3.63) is 35.7 Å². The van der Waals surface area contributed by atoms with Crippen molar-refractivity contribution in [3.8, 4) is 11.5 Å². The standard InChI is InChI=1S/C13H10F3N3O3/c1-7-17-11(21-18-7)9-4-2-8(3-5-9)10-6-12(20,22-19-10)13(14,15)16/h2-5,20H,6H2,1H3. The number of benzene rings is 1. The molecule has 1 aromatic heterocycles. The Kier molecular flexibility index (Phi) is 3.17. The summed E-state index contributed by atoms with van der Waals surface area (Å²) in [5.74, 6) is -2.49. The number of alkyl halides is 3. The molecule has 1 aromatic carbocycles. The van der Waals surface area contributed by atoms with Gasteiger partial charge in [0.2, 0.25) is 0 Å². The second-order valence-corrected chi connectivity index (χ2v) is 4.81. The van der Waals surface area contributed by atoms with Crippen LogP contribution in [-0.2, 0) is 4.84 Å². The Morgan fingerprint density at radius 2 is 1.82 bits per heavy atom. The molecule has 1 atom stereocenters. The van der Waals surface area contributed by atoms with Gasteiger partial charge in [-0.25, -0.2) is 0 Å². The molecule has 0 fully saturated rings. The molecular formula is C13H10F3N3O3. The van der Waals surface area contributed by atoms with Crippen molar-refractivity contribution in [2.24, 2.45) is 5.16 Å². The van der Waals surface area contributed by atoms with Crippen LogP contribution in [0.25, 0.3) is 11.5 Å². The molecule has 1 N–H and O–H groups in total. The van der Waals surface area contributed by atoms with Gasteiger partial charge in [-0.05, 0) is 24.6 Å². The second-order valence-electron chi connectivity index (χ2n) is 4.81. The molecule has 0 aliphatic carbocycles. The highest BCUT2D eigenvalue weighted by Crippen LogP contribution is 2.39. The lowest BCUT2D eigenvalue weighted by molar-refractivity contribution is -0.355. The number of aliphatic hydroxyl groups is 1. The van der Waals surface area contributed by atoms with Crippen molar-refractivity contribution >= 4 is 5.71 Å². The van der Waals surface area contributed by atoms with Crippen LogP contribution in [0, 0.1) is 6.92 Å². The highest BCUT2D eigenvalue weighted by Gasteiger charge is 2.60. The lowest BCUT2D eigenvalue weighted by atomic mass is 10.0. The molecule has 1 aliphatic heterocycles. The van der Waals surface area contributed by atoms with Gasteiger partial charge in [0.1, 0.15) is 0 Å². The van der Waals surface area contributed by atoms with Gasteiger partial charge in [-0.15, -0.1) is 0 Å². The fourth-order valence-corrected chi connectivity index (χ4v) is 1.95. The highest BCUT2D eigenvalue weighted by atomic mass is 19.4. The van der Waals surface area contributed by atoms with E-state index in [1.165, 1.54) is 0 Å². The molecule has 3 rings (SSSR count). The second kappa shape index (κ2) is 4.80. The highest BCUT2D eigenvalue weighted by molar-refractivity contribution is 6.01. The van der Waals surface area contributed by atoms with Crippen molar-refractivity contribution in [1.82, 2.24) is 10.1 Å². The minimum absolute atomic E-state index is 0.00749. The zero-order valence-electron chi connectivity index (χ0n) is 11.3. The van der Waals surface area contributed by atoms with Crippen LogP contribution >= 0.6 is 0 Å². The van der Waals surface area contributed by atoms with Gasteiger partial charge in [0, 0.05) is 5.56 Å². The average Bonchev–Trinajstić information content (AvgIpc) is 3.06. The molecule has 116 valence electrons. The fraction of sp³-hybridized carbons (Fsp3) is 0.308. The molecule has 0 spiro atoms. The first-order valence-corrected chi connectivity index (χ1v) is 6.24. The maximum atomic E-state index is 12.6. The molecule has 1 aliphatic rings. The zero-order chi connectivity index (χ0) is 16.0. The molecule has 1 unspecified atom stereocenters. The summed E-state index contributed by atoms with van der Waals surface area (Å²) in [5.41, 5.74) is 1.03. The van der Waals surface area contributed by atoms with Crippen LogP contribution in [0.3, 0.4) is 0 Å². The van der Waals surface area contributed by atoms with Crippen LogP contribution in [0.15, 0.2) is 33.9 Å². The molecular weight excluding hydrogens is 303 g/mol. The lowest BCUT2D eigenvalue weighted by Crippen LogP contribution is -2.45. The number of rotatable bonds is 2. The van der Waals surface area contributed by atoms with E-state index in [-0.39, 0.29) is 5.71 Å². The fourth-order valence-electron chi connectivity index (χ4n) is 1.95. The number of nitrogens with zero attached hydrogens (tertiary/aromatic N) is 3. The molecule has 6 nitrogen and oxygen atoms in total. The Bertz CT molecular complexity index is 724. The van der Waals surface area contributed by atoms with E-state index in [2.05, 4.69) is 20.1 Å². The van der Waals surface area contributed by atoms with E-state index in [0.29, 0.717) is 22.8 Å². The number of aromatic nitrogens is 2. The predicted molar refractivity (Wildman–Crippen MR) is 67.7 cm³/mol. The largest absolute Gasteiger partial charge is 0.458 e. The van der Waals surface area contributed by atoms with Gasteiger partial charge >= 0.3 is 12.0 Å². The van der Waals surface area contributed by atoms with E-state index in [0.717, 1.165) is 0 Å². The summed E-state index contributed by atoms with van der Waals surface area (Å²) in [4.78, 5) is 8.21. The SMILES string of the molecule is Cc1noc(-c2ccc(C3=NOC(O)(C(F)(F)F)C3)cc2)n1. The Morgan fingerprint density at radius 3 is 2.32 bits per heavy atom. The van der Waals surface area contributed by atoms with E-state index < -0.39 is 18.4 Å². The molecule has 0 amide bonds. The summed E-state index contributed by atoms with van der Waals surface area (Å²) in [7, 11) is 0. The first kappa shape index (κ1) is 14.5. The molecule has 0 bridgehead atoms. The Balaban J connectivity index is 1.80. The quantitative estimate of drug-likeness (QED) is 0.921. The van der Waals surface area contributed by atoms with Crippen molar-refractivity contribution in [2.75, 3.05) is 0 Å². The maximum Gasteiger partial charge on any atom is 0.458 e.